The third kappa shape index (κ3) is 5.91. The maximum Gasteiger partial charge on any atom is 0.331 e. The number of aromatic nitrogens is 2. The van der Waals surface area contributed by atoms with Gasteiger partial charge in [-0.1, -0.05) is 0 Å². The smallest absolute Gasteiger partial charge is 0.331 e. The van der Waals surface area contributed by atoms with Gasteiger partial charge in [0.15, 0.2) is 0 Å². The SMILES string of the molecule is Cc1cc(=O)n(CC(O)CN(C)C)c(=O)n1CC(O)CN(C)C. The first-order chi connectivity index (χ1) is 10.6. The maximum absolute atomic E-state index is 12.5. The Morgan fingerprint density at radius 3 is 1.83 bits per heavy atom. The minimum Gasteiger partial charge on any atom is -0.390 e. The molecule has 0 aliphatic rings. The van der Waals surface area contributed by atoms with E-state index >= 15 is 0 Å². The fourth-order valence-corrected chi connectivity index (χ4v) is 2.50. The van der Waals surface area contributed by atoms with E-state index in [1.165, 1.54) is 10.6 Å². The van der Waals surface area contributed by atoms with Gasteiger partial charge in [-0.15, -0.1) is 0 Å². The number of aryl methyl sites for hydroxylation is 1. The van der Waals surface area contributed by atoms with E-state index in [-0.39, 0.29) is 13.1 Å². The van der Waals surface area contributed by atoms with Crippen LogP contribution < -0.4 is 11.2 Å². The van der Waals surface area contributed by atoms with Crippen LogP contribution in [0.15, 0.2) is 15.7 Å². The predicted octanol–water partition coefficient (Wildman–Crippen LogP) is -1.84. The van der Waals surface area contributed by atoms with E-state index in [0.717, 1.165) is 4.57 Å². The monoisotopic (exact) mass is 328 g/mol. The average molecular weight is 328 g/mol. The number of likely N-dealkylation sites (N-methyl/N-ethyl adjacent to an activating group) is 2. The van der Waals surface area contributed by atoms with Gasteiger partial charge in [0.2, 0.25) is 0 Å². The van der Waals surface area contributed by atoms with Crippen LogP contribution in [0.5, 0.6) is 0 Å². The van der Waals surface area contributed by atoms with Gasteiger partial charge in [0.25, 0.3) is 5.56 Å². The van der Waals surface area contributed by atoms with Crippen molar-refractivity contribution >= 4 is 0 Å². The number of nitrogens with zero attached hydrogens (tertiary/aromatic N) is 4. The quantitative estimate of drug-likeness (QED) is 0.583. The molecule has 2 unspecified atom stereocenters. The molecule has 0 aliphatic carbocycles. The zero-order valence-electron chi connectivity index (χ0n) is 14.6. The Morgan fingerprint density at radius 2 is 1.39 bits per heavy atom. The predicted molar refractivity (Wildman–Crippen MR) is 88.8 cm³/mol. The van der Waals surface area contributed by atoms with Gasteiger partial charge in [0, 0.05) is 24.8 Å². The Labute approximate surface area is 136 Å². The number of hydrogen-bond acceptors (Lipinski definition) is 6. The second-order valence-electron chi connectivity index (χ2n) is 6.46. The summed E-state index contributed by atoms with van der Waals surface area (Å²) in [6, 6.07) is 1.35. The fraction of sp³-hybridized carbons (Fsp3) is 0.733. The normalized spacial score (nSPS) is 14.5. The summed E-state index contributed by atoms with van der Waals surface area (Å²) >= 11 is 0. The summed E-state index contributed by atoms with van der Waals surface area (Å²) in [5.74, 6) is 0. The molecule has 0 amide bonds. The molecule has 0 saturated carbocycles. The first-order valence-corrected chi connectivity index (χ1v) is 7.58. The Bertz CT molecular complexity index is 621. The summed E-state index contributed by atoms with van der Waals surface area (Å²) < 4.78 is 2.39. The van der Waals surface area contributed by atoms with Crippen LogP contribution in [-0.2, 0) is 13.1 Å². The highest BCUT2D eigenvalue weighted by Gasteiger charge is 2.16. The molecule has 132 valence electrons. The number of rotatable bonds is 8. The minimum absolute atomic E-state index is 0.0695. The molecular formula is C15H28N4O4. The molecule has 8 heteroatoms. The first kappa shape index (κ1) is 19.6. The minimum atomic E-state index is -0.821. The highest BCUT2D eigenvalue weighted by molar-refractivity contribution is 5.00. The Kier molecular flexibility index (Phi) is 7.14. The molecule has 0 fully saturated rings. The van der Waals surface area contributed by atoms with E-state index in [4.69, 9.17) is 0 Å². The van der Waals surface area contributed by atoms with Crippen molar-refractivity contribution in [1.29, 1.82) is 0 Å². The second kappa shape index (κ2) is 8.39. The molecule has 1 aromatic heterocycles. The van der Waals surface area contributed by atoms with Crippen molar-refractivity contribution in [1.82, 2.24) is 18.9 Å². The zero-order valence-corrected chi connectivity index (χ0v) is 14.6. The first-order valence-electron chi connectivity index (χ1n) is 7.58. The van der Waals surface area contributed by atoms with Crippen LogP contribution in [-0.4, -0.2) is 82.6 Å². The van der Waals surface area contributed by atoms with Crippen molar-refractivity contribution in [2.45, 2.75) is 32.2 Å². The lowest BCUT2D eigenvalue weighted by Crippen LogP contribution is -2.46. The molecule has 0 saturated heterocycles. The van der Waals surface area contributed by atoms with Crippen LogP contribution in [0.3, 0.4) is 0 Å². The topological polar surface area (TPSA) is 90.9 Å². The van der Waals surface area contributed by atoms with Crippen molar-refractivity contribution < 1.29 is 10.2 Å². The van der Waals surface area contributed by atoms with Gasteiger partial charge < -0.3 is 20.0 Å². The Hall–Kier alpha value is -1.48. The van der Waals surface area contributed by atoms with Crippen molar-refractivity contribution in [3.8, 4) is 0 Å². The summed E-state index contributed by atoms with van der Waals surface area (Å²) in [7, 11) is 7.27. The molecule has 1 heterocycles. The zero-order chi connectivity index (χ0) is 17.7. The van der Waals surface area contributed by atoms with Crippen molar-refractivity contribution in [2.75, 3.05) is 41.3 Å². The van der Waals surface area contributed by atoms with E-state index in [1.807, 2.05) is 19.0 Å². The van der Waals surface area contributed by atoms with Crippen LogP contribution in [0.2, 0.25) is 0 Å². The molecule has 0 bridgehead atoms. The van der Waals surface area contributed by atoms with Crippen molar-refractivity contribution in [2.24, 2.45) is 0 Å². The third-order valence-corrected chi connectivity index (χ3v) is 3.42. The molecule has 1 aromatic rings. The third-order valence-electron chi connectivity index (χ3n) is 3.42. The molecule has 0 aliphatic heterocycles. The molecule has 23 heavy (non-hydrogen) atoms. The molecular weight excluding hydrogens is 300 g/mol. The van der Waals surface area contributed by atoms with E-state index in [0.29, 0.717) is 18.8 Å². The van der Waals surface area contributed by atoms with Crippen LogP contribution in [0, 0.1) is 6.92 Å². The standard InChI is InChI=1S/C15H28N4O4/c1-11-6-14(22)19(10-13(21)8-17(4)5)15(23)18(11)9-12(20)7-16(2)3/h6,12-13,20-21H,7-10H2,1-5H3. The molecule has 0 aromatic carbocycles. The number of aliphatic hydroxyl groups is 2. The summed E-state index contributed by atoms with van der Waals surface area (Å²) in [6.45, 7) is 2.45. The molecule has 1 rings (SSSR count). The summed E-state index contributed by atoms with van der Waals surface area (Å²) in [6.07, 6.45) is -1.54. The van der Waals surface area contributed by atoms with Gasteiger partial charge in [-0.2, -0.15) is 0 Å². The van der Waals surface area contributed by atoms with Crippen LogP contribution >= 0.6 is 0 Å². The molecule has 0 spiro atoms. The van der Waals surface area contributed by atoms with Gasteiger partial charge in [-0.05, 0) is 35.1 Å². The second-order valence-corrected chi connectivity index (χ2v) is 6.46. The molecule has 0 radical (unpaired) electrons. The summed E-state index contributed by atoms with van der Waals surface area (Å²) in [4.78, 5) is 28.2. The van der Waals surface area contributed by atoms with E-state index in [1.54, 1.807) is 25.9 Å². The molecule has 8 nitrogen and oxygen atoms in total. The van der Waals surface area contributed by atoms with E-state index in [2.05, 4.69) is 0 Å². The van der Waals surface area contributed by atoms with Crippen LogP contribution in [0.25, 0.3) is 0 Å². The number of hydrogen-bond donors (Lipinski definition) is 2. The van der Waals surface area contributed by atoms with Crippen molar-refractivity contribution in [3.63, 3.8) is 0 Å². The average Bonchev–Trinajstić information content (AvgIpc) is 2.38. The summed E-state index contributed by atoms with van der Waals surface area (Å²) in [5, 5.41) is 20.0. The fourth-order valence-electron chi connectivity index (χ4n) is 2.50. The lowest BCUT2D eigenvalue weighted by Gasteiger charge is -2.20. The van der Waals surface area contributed by atoms with Gasteiger partial charge in [0.05, 0.1) is 25.3 Å². The summed E-state index contributed by atoms with van der Waals surface area (Å²) in [5.41, 5.74) is -0.453. The Balaban J connectivity index is 3.07. The highest BCUT2D eigenvalue weighted by Crippen LogP contribution is 1.97. The molecule has 2 N–H and O–H groups in total. The molecule has 2 atom stereocenters. The Morgan fingerprint density at radius 1 is 0.957 bits per heavy atom. The van der Waals surface area contributed by atoms with Crippen molar-refractivity contribution in [3.05, 3.63) is 32.6 Å². The van der Waals surface area contributed by atoms with Gasteiger partial charge in [-0.3, -0.25) is 13.9 Å². The van der Waals surface area contributed by atoms with Gasteiger partial charge in [0.1, 0.15) is 0 Å². The van der Waals surface area contributed by atoms with E-state index in [9.17, 15) is 19.8 Å². The van der Waals surface area contributed by atoms with Gasteiger partial charge in [-0.25, -0.2) is 4.79 Å². The van der Waals surface area contributed by atoms with E-state index < -0.39 is 23.5 Å². The lowest BCUT2D eigenvalue weighted by molar-refractivity contribution is 0.109. The van der Waals surface area contributed by atoms with Crippen LogP contribution in [0.4, 0.5) is 0 Å². The number of aliphatic hydroxyl groups excluding tert-OH is 2. The maximum atomic E-state index is 12.5. The lowest BCUT2D eigenvalue weighted by atomic mass is 10.3. The highest BCUT2D eigenvalue weighted by atomic mass is 16.3. The van der Waals surface area contributed by atoms with Crippen LogP contribution in [0.1, 0.15) is 5.69 Å². The largest absolute Gasteiger partial charge is 0.390 e. The van der Waals surface area contributed by atoms with Gasteiger partial charge >= 0.3 is 5.69 Å².